The van der Waals surface area contributed by atoms with Crippen LogP contribution in [0.15, 0.2) is 16.9 Å². The first-order chi connectivity index (χ1) is 10.4. The molecule has 2 aromatic rings. The van der Waals surface area contributed by atoms with Gasteiger partial charge < -0.3 is 10.3 Å². The van der Waals surface area contributed by atoms with Crippen molar-refractivity contribution in [2.45, 2.75) is 40.0 Å². The molecule has 0 bridgehead atoms. The van der Waals surface area contributed by atoms with E-state index >= 15 is 0 Å². The number of hydrogen-bond donors (Lipinski definition) is 2. The van der Waals surface area contributed by atoms with Crippen LogP contribution >= 0.6 is 0 Å². The lowest BCUT2D eigenvalue weighted by Crippen LogP contribution is -2.32. The summed E-state index contributed by atoms with van der Waals surface area (Å²) in [5.41, 5.74) is 4.81. The van der Waals surface area contributed by atoms with Crippen molar-refractivity contribution >= 4 is 11.7 Å². The number of aryl methyl sites for hydroxylation is 4. The molecule has 1 aromatic carbocycles. The number of amides is 1. The molecular weight excluding hydrogens is 278 g/mol. The molecule has 0 spiro atoms. The SMILES string of the molecule is Cc1cc(C)c([C@H]2CC(=O)Nc3nc(C)[nH]c(=O)c32)c(C)c1. The van der Waals surface area contributed by atoms with Gasteiger partial charge in [-0.15, -0.1) is 0 Å². The van der Waals surface area contributed by atoms with Crippen LogP contribution in [0.1, 0.15) is 46.0 Å². The van der Waals surface area contributed by atoms with Gasteiger partial charge in [0.05, 0.1) is 5.56 Å². The Morgan fingerprint density at radius 2 is 1.68 bits per heavy atom. The molecule has 0 saturated heterocycles. The van der Waals surface area contributed by atoms with Crippen LogP contribution in [0.25, 0.3) is 0 Å². The number of carbonyl (C=O) groups excluding carboxylic acids is 1. The first-order valence-electron chi connectivity index (χ1n) is 7.35. The lowest BCUT2D eigenvalue weighted by atomic mass is 9.81. The molecule has 1 aromatic heterocycles. The average molecular weight is 297 g/mol. The monoisotopic (exact) mass is 297 g/mol. The van der Waals surface area contributed by atoms with E-state index in [9.17, 15) is 9.59 Å². The number of aromatic nitrogens is 2. The summed E-state index contributed by atoms with van der Waals surface area (Å²) < 4.78 is 0. The Labute approximate surface area is 128 Å². The van der Waals surface area contributed by atoms with Crippen molar-refractivity contribution in [3.63, 3.8) is 0 Å². The van der Waals surface area contributed by atoms with Gasteiger partial charge in [0.15, 0.2) is 0 Å². The Morgan fingerprint density at radius 1 is 1.05 bits per heavy atom. The molecule has 2 heterocycles. The molecule has 22 heavy (non-hydrogen) atoms. The van der Waals surface area contributed by atoms with E-state index in [1.807, 2.05) is 20.8 Å². The summed E-state index contributed by atoms with van der Waals surface area (Å²) in [5.74, 6) is 0.541. The molecule has 1 amide bonds. The average Bonchev–Trinajstić information content (AvgIpc) is 2.35. The number of aromatic amines is 1. The highest BCUT2D eigenvalue weighted by Crippen LogP contribution is 2.37. The summed E-state index contributed by atoms with van der Waals surface area (Å²) >= 11 is 0. The van der Waals surface area contributed by atoms with Crippen molar-refractivity contribution in [1.29, 1.82) is 0 Å². The Morgan fingerprint density at radius 3 is 2.32 bits per heavy atom. The summed E-state index contributed by atoms with van der Waals surface area (Å²) in [6.45, 7) is 7.80. The minimum atomic E-state index is -0.249. The highest BCUT2D eigenvalue weighted by atomic mass is 16.2. The van der Waals surface area contributed by atoms with Gasteiger partial charge in [0.25, 0.3) is 5.56 Å². The van der Waals surface area contributed by atoms with E-state index in [-0.39, 0.29) is 23.8 Å². The summed E-state index contributed by atoms with van der Waals surface area (Å²) in [6, 6.07) is 4.18. The van der Waals surface area contributed by atoms with Crippen LogP contribution in [0.4, 0.5) is 5.82 Å². The lowest BCUT2D eigenvalue weighted by molar-refractivity contribution is -0.116. The second kappa shape index (κ2) is 5.09. The molecule has 1 aliphatic heterocycles. The molecule has 0 fully saturated rings. The number of hydrogen-bond acceptors (Lipinski definition) is 3. The van der Waals surface area contributed by atoms with Crippen molar-refractivity contribution < 1.29 is 4.79 Å². The van der Waals surface area contributed by atoms with Gasteiger partial charge in [-0.1, -0.05) is 17.7 Å². The van der Waals surface area contributed by atoms with Gasteiger partial charge in [-0.2, -0.15) is 0 Å². The molecule has 0 saturated carbocycles. The number of nitrogens with zero attached hydrogens (tertiary/aromatic N) is 1. The number of fused-ring (bicyclic) bond motifs is 1. The molecule has 5 nitrogen and oxygen atoms in total. The van der Waals surface area contributed by atoms with Crippen molar-refractivity contribution in [3.05, 3.63) is 56.1 Å². The third-order valence-corrected chi connectivity index (χ3v) is 4.16. The molecule has 1 aliphatic rings. The summed E-state index contributed by atoms with van der Waals surface area (Å²) in [4.78, 5) is 31.5. The van der Waals surface area contributed by atoms with Crippen LogP contribution in [0.2, 0.25) is 0 Å². The van der Waals surface area contributed by atoms with Gasteiger partial charge in [0.1, 0.15) is 11.6 Å². The van der Waals surface area contributed by atoms with E-state index in [0.717, 1.165) is 16.7 Å². The maximum absolute atomic E-state index is 12.4. The number of carbonyl (C=O) groups is 1. The zero-order chi connectivity index (χ0) is 16.0. The minimum absolute atomic E-state index is 0.102. The Balaban J connectivity index is 2.27. The Hall–Kier alpha value is -2.43. The number of anilines is 1. The third-order valence-electron chi connectivity index (χ3n) is 4.16. The number of rotatable bonds is 1. The molecule has 0 unspecified atom stereocenters. The molecule has 114 valence electrons. The zero-order valence-electron chi connectivity index (χ0n) is 13.2. The number of H-pyrrole nitrogens is 1. The topological polar surface area (TPSA) is 74.8 Å². The van der Waals surface area contributed by atoms with Crippen LogP contribution in [0.5, 0.6) is 0 Å². The van der Waals surface area contributed by atoms with E-state index in [4.69, 9.17) is 0 Å². The predicted molar refractivity (Wildman–Crippen MR) is 85.3 cm³/mol. The van der Waals surface area contributed by atoms with Crippen molar-refractivity contribution in [2.75, 3.05) is 5.32 Å². The fourth-order valence-corrected chi connectivity index (χ4v) is 3.47. The van der Waals surface area contributed by atoms with Gasteiger partial charge in [-0.05, 0) is 44.4 Å². The van der Waals surface area contributed by atoms with Crippen molar-refractivity contribution in [3.8, 4) is 0 Å². The minimum Gasteiger partial charge on any atom is -0.310 e. The molecule has 0 radical (unpaired) electrons. The fraction of sp³-hybridized carbons (Fsp3) is 0.353. The highest BCUT2D eigenvalue weighted by molar-refractivity contribution is 5.94. The van der Waals surface area contributed by atoms with E-state index in [2.05, 4.69) is 27.4 Å². The molecule has 0 aliphatic carbocycles. The second-order valence-corrected chi connectivity index (χ2v) is 6.03. The molecule has 1 atom stereocenters. The van der Waals surface area contributed by atoms with Gasteiger partial charge in [-0.25, -0.2) is 4.98 Å². The van der Waals surface area contributed by atoms with Gasteiger partial charge in [0, 0.05) is 12.3 Å². The first kappa shape index (κ1) is 14.5. The maximum Gasteiger partial charge on any atom is 0.256 e. The maximum atomic E-state index is 12.4. The molecule has 3 rings (SSSR count). The Bertz CT molecular complexity index is 813. The van der Waals surface area contributed by atoms with Crippen LogP contribution < -0.4 is 10.9 Å². The standard InChI is InChI=1S/C17H19N3O2/c1-8-5-9(2)14(10(3)6-8)12-7-13(21)20-16-15(12)17(22)19-11(4)18-16/h5-6,12H,7H2,1-4H3,(H2,18,19,20,21,22)/t12-/m1/s1. The third kappa shape index (κ3) is 2.32. The van der Waals surface area contributed by atoms with Crippen LogP contribution in [0.3, 0.4) is 0 Å². The van der Waals surface area contributed by atoms with E-state index in [1.54, 1.807) is 6.92 Å². The predicted octanol–water partition coefficient (Wildman–Crippen LogP) is 2.48. The van der Waals surface area contributed by atoms with E-state index in [0.29, 0.717) is 17.2 Å². The molecule has 5 heteroatoms. The molecule has 2 N–H and O–H groups in total. The van der Waals surface area contributed by atoms with E-state index < -0.39 is 0 Å². The highest BCUT2D eigenvalue weighted by Gasteiger charge is 2.32. The first-order valence-corrected chi connectivity index (χ1v) is 7.35. The van der Waals surface area contributed by atoms with Crippen LogP contribution in [-0.4, -0.2) is 15.9 Å². The smallest absolute Gasteiger partial charge is 0.256 e. The van der Waals surface area contributed by atoms with E-state index in [1.165, 1.54) is 5.56 Å². The van der Waals surface area contributed by atoms with Gasteiger partial charge >= 0.3 is 0 Å². The lowest BCUT2D eigenvalue weighted by Gasteiger charge is -2.27. The normalized spacial score (nSPS) is 17.1. The van der Waals surface area contributed by atoms with Gasteiger partial charge in [-0.3, -0.25) is 9.59 Å². The van der Waals surface area contributed by atoms with Gasteiger partial charge in [0.2, 0.25) is 5.91 Å². The fourth-order valence-electron chi connectivity index (χ4n) is 3.47. The van der Waals surface area contributed by atoms with Crippen LogP contribution in [-0.2, 0) is 4.79 Å². The van der Waals surface area contributed by atoms with Crippen molar-refractivity contribution in [1.82, 2.24) is 9.97 Å². The van der Waals surface area contributed by atoms with Crippen molar-refractivity contribution in [2.24, 2.45) is 0 Å². The second-order valence-electron chi connectivity index (χ2n) is 6.03. The number of benzene rings is 1. The van der Waals surface area contributed by atoms with Crippen LogP contribution in [0, 0.1) is 27.7 Å². The largest absolute Gasteiger partial charge is 0.310 e. The summed E-state index contributed by atoms with van der Waals surface area (Å²) in [7, 11) is 0. The Kier molecular flexibility index (Phi) is 3.35. The number of nitrogens with one attached hydrogen (secondary N) is 2. The summed E-state index contributed by atoms with van der Waals surface area (Å²) in [5, 5.41) is 2.72. The molecular formula is C17H19N3O2. The summed E-state index contributed by atoms with van der Waals surface area (Å²) in [6.07, 6.45) is 0.269. The zero-order valence-corrected chi connectivity index (χ0v) is 13.2. The quantitative estimate of drug-likeness (QED) is 0.849.